The standard InChI is InChI=1S/C15H22N2O3S/c1-2-3-4-13(14(18)19)16-15(20)17(12-5-6-12)9-11-7-8-21-10-11/h7-8,10,12-13H,2-6,9H2,1H3,(H,16,20)(H,18,19)/t13-/m0/s1. The third kappa shape index (κ3) is 4.74. The van der Waals surface area contributed by atoms with Gasteiger partial charge in [0.2, 0.25) is 0 Å². The van der Waals surface area contributed by atoms with Crippen LogP contribution in [0.25, 0.3) is 0 Å². The van der Waals surface area contributed by atoms with Crippen molar-refractivity contribution in [3.63, 3.8) is 0 Å². The molecule has 1 atom stereocenters. The molecule has 2 N–H and O–H groups in total. The molecule has 6 heteroatoms. The first-order valence-electron chi connectivity index (χ1n) is 7.42. The average Bonchev–Trinajstić information content (AvgIpc) is 3.16. The second-order valence-corrected chi connectivity index (χ2v) is 6.25. The van der Waals surface area contributed by atoms with E-state index in [4.69, 9.17) is 0 Å². The van der Waals surface area contributed by atoms with Crippen molar-refractivity contribution in [3.8, 4) is 0 Å². The number of carboxylic acid groups (broad SMARTS) is 1. The Balaban J connectivity index is 1.95. The van der Waals surface area contributed by atoms with Gasteiger partial charge in [0.25, 0.3) is 0 Å². The molecule has 1 saturated carbocycles. The molecule has 0 aliphatic heterocycles. The van der Waals surface area contributed by atoms with Gasteiger partial charge in [-0.15, -0.1) is 0 Å². The number of carboxylic acids is 1. The lowest BCUT2D eigenvalue weighted by molar-refractivity contribution is -0.139. The van der Waals surface area contributed by atoms with E-state index in [9.17, 15) is 14.7 Å². The number of amides is 2. The van der Waals surface area contributed by atoms with Crippen LogP contribution in [0.5, 0.6) is 0 Å². The highest BCUT2D eigenvalue weighted by atomic mass is 32.1. The molecule has 0 aromatic carbocycles. The number of hydrogen-bond donors (Lipinski definition) is 2. The summed E-state index contributed by atoms with van der Waals surface area (Å²) < 4.78 is 0. The van der Waals surface area contributed by atoms with Crippen molar-refractivity contribution < 1.29 is 14.7 Å². The lowest BCUT2D eigenvalue weighted by Gasteiger charge is -2.25. The fourth-order valence-electron chi connectivity index (χ4n) is 2.23. The number of rotatable bonds is 8. The maximum atomic E-state index is 12.4. The lowest BCUT2D eigenvalue weighted by atomic mass is 10.1. The van der Waals surface area contributed by atoms with Crippen molar-refractivity contribution >= 4 is 23.3 Å². The largest absolute Gasteiger partial charge is 0.480 e. The third-order valence-electron chi connectivity index (χ3n) is 3.62. The van der Waals surface area contributed by atoms with E-state index in [2.05, 4.69) is 5.32 Å². The number of hydrogen-bond acceptors (Lipinski definition) is 3. The van der Waals surface area contributed by atoms with Gasteiger partial charge in [-0.2, -0.15) is 11.3 Å². The molecule has 2 rings (SSSR count). The Morgan fingerprint density at radius 1 is 1.52 bits per heavy atom. The first kappa shape index (κ1) is 15.8. The zero-order valence-corrected chi connectivity index (χ0v) is 13.1. The van der Waals surface area contributed by atoms with Crippen LogP contribution in [0.1, 0.15) is 44.6 Å². The Bertz CT molecular complexity index is 471. The van der Waals surface area contributed by atoms with Gasteiger partial charge >= 0.3 is 12.0 Å². The highest BCUT2D eigenvalue weighted by Crippen LogP contribution is 2.28. The van der Waals surface area contributed by atoms with E-state index in [0.29, 0.717) is 13.0 Å². The van der Waals surface area contributed by atoms with Crippen LogP contribution in [0.4, 0.5) is 4.79 Å². The minimum Gasteiger partial charge on any atom is -0.480 e. The number of unbranched alkanes of at least 4 members (excludes halogenated alkanes) is 1. The monoisotopic (exact) mass is 310 g/mol. The first-order valence-corrected chi connectivity index (χ1v) is 8.37. The number of nitrogens with one attached hydrogen (secondary N) is 1. The molecule has 116 valence electrons. The summed E-state index contributed by atoms with van der Waals surface area (Å²) in [4.78, 5) is 25.4. The fourth-order valence-corrected chi connectivity index (χ4v) is 2.89. The van der Waals surface area contributed by atoms with Gasteiger partial charge in [-0.3, -0.25) is 0 Å². The Hall–Kier alpha value is -1.56. The van der Waals surface area contributed by atoms with E-state index in [-0.39, 0.29) is 12.1 Å². The topological polar surface area (TPSA) is 69.6 Å². The molecular weight excluding hydrogens is 288 g/mol. The van der Waals surface area contributed by atoms with Gasteiger partial charge in [-0.05, 0) is 41.7 Å². The normalized spacial score (nSPS) is 15.5. The molecule has 1 heterocycles. The van der Waals surface area contributed by atoms with E-state index in [1.807, 2.05) is 23.8 Å². The summed E-state index contributed by atoms with van der Waals surface area (Å²) in [6.07, 6.45) is 4.20. The molecule has 0 bridgehead atoms. The van der Waals surface area contributed by atoms with Crippen molar-refractivity contribution in [2.45, 2.75) is 57.7 Å². The summed E-state index contributed by atoms with van der Waals surface area (Å²) in [5.41, 5.74) is 1.10. The number of urea groups is 1. The van der Waals surface area contributed by atoms with E-state index in [1.54, 1.807) is 16.2 Å². The van der Waals surface area contributed by atoms with E-state index in [1.165, 1.54) is 0 Å². The van der Waals surface area contributed by atoms with Gasteiger partial charge < -0.3 is 15.3 Å². The molecule has 1 aliphatic carbocycles. The first-order chi connectivity index (χ1) is 10.1. The van der Waals surface area contributed by atoms with Crippen LogP contribution >= 0.6 is 11.3 Å². The van der Waals surface area contributed by atoms with Crippen LogP contribution in [-0.4, -0.2) is 34.1 Å². The van der Waals surface area contributed by atoms with Crippen LogP contribution in [-0.2, 0) is 11.3 Å². The molecule has 1 aromatic rings. The molecule has 0 radical (unpaired) electrons. The smallest absolute Gasteiger partial charge is 0.326 e. The summed E-state index contributed by atoms with van der Waals surface area (Å²) in [6, 6.07) is 1.21. The van der Waals surface area contributed by atoms with Gasteiger partial charge in [0.15, 0.2) is 0 Å². The molecule has 2 amide bonds. The second kappa shape index (κ2) is 7.45. The molecular formula is C15H22N2O3S. The number of thiophene rings is 1. The highest BCUT2D eigenvalue weighted by molar-refractivity contribution is 7.07. The van der Waals surface area contributed by atoms with Crippen LogP contribution in [0.3, 0.4) is 0 Å². The Labute approximate surface area is 129 Å². The zero-order chi connectivity index (χ0) is 15.2. The van der Waals surface area contributed by atoms with Crippen LogP contribution in [0.2, 0.25) is 0 Å². The summed E-state index contributed by atoms with van der Waals surface area (Å²) in [6.45, 7) is 2.56. The minimum atomic E-state index is -0.955. The minimum absolute atomic E-state index is 0.255. The number of carbonyl (C=O) groups is 2. The number of carbonyl (C=O) groups excluding carboxylic acids is 1. The third-order valence-corrected chi connectivity index (χ3v) is 4.36. The van der Waals surface area contributed by atoms with Gasteiger partial charge in [0, 0.05) is 12.6 Å². The van der Waals surface area contributed by atoms with E-state index < -0.39 is 12.0 Å². The predicted molar refractivity (Wildman–Crippen MR) is 82.4 cm³/mol. The SMILES string of the molecule is CCCC[C@H](NC(=O)N(Cc1ccsc1)C1CC1)C(=O)O. The van der Waals surface area contributed by atoms with Crippen molar-refractivity contribution in [2.75, 3.05) is 0 Å². The maximum Gasteiger partial charge on any atom is 0.326 e. The van der Waals surface area contributed by atoms with Crippen molar-refractivity contribution in [2.24, 2.45) is 0 Å². The maximum absolute atomic E-state index is 12.4. The van der Waals surface area contributed by atoms with Crippen molar-refractivity contribution in [3.05, 3.63) is 22.4 Å². The van der Waals surface area contributed by atoms with Crippen molar-refractivity contribution in [1.82, 2.24) is 10.2 Å². The summed E-state index contributed by atoms with van der Waals surface area (Å²) >= 11 is 1.60. The summed E-state index contributed by atoms with van der Waals surface area (Å²) in [5, 5.41) is 15.9. The quantitative estimate of drug-likeness (QED) is 0.775. The Morgan fingerprint density at radius 3 is 2.81 bits per heavy atom. The molecule has 1 fully saturated rings. The lowest BCUT2D eigenvalue weighted by Crippen LogP contribution is -2.48. The molecule has 5 nitrogen and oxygen atoms in total. The summed E-state index contributed by atoms with van der Waals surface area (Å²) in [7, 11) is 0. The molecule has 21 heavy (non-hydrogen) atoms. The number of aliphatic carboxylic acids is 1. The Kier molecular flexibility index (Phi) is 5.61. The van der Waals surface area contributed by atoms with Gasteiger partial charge in [0.05, 0.1) is 0 Å². The second-order valence-electron chi connectivity index (χ2n) is 5.47. The molecule has 0 spiro atoms. The molecule has 1 aromatic heterocycles. The van der Waals surface area contributed by atoms with Gasteiger partial charge in [-0.1, -0.05) is 19.8 Å². The van der Waals surface area contributed by atoms with Gasteiger partial charge in [0.1, 0.15) is 6.04 Å². The molecule has 0 unspecified atom stereocenters. The highest BCUT2D eigenvalue weighted by Gasteiger charge is 2.34. The zero-order valence-electron chi connectivity index (χ0n) is 12.2. The molecule has 0 saturated heterocycles. The van der Waals surface area contributed by atoms with Gasteiger partial charge in [-0.25, -0.2) is 9.59 Å². The van der Waals surface area contributed by atoms with E-state index in [0.717, 1.165) is 31.2 Å². The van der Waals surface area contributed by atoms with Crippen LogP contribution in [0.15, 0.2) is 16.8 Å². The van der Waals surface area contributed by atoms with E-state index >= 15 is 0 Å². The average molecular weight is 310 g/mol. The number of nitrogens with zero attached hydrogens (tertiary/aromatic N) is 1. The fraction of sp³-hybridized carbons (Fsp3) is 0.600. The van der Waals surface area contributed by atoms with Crippen LogP contribution < -0.4 is 5.32 Å². The van der Waals surface area contributed by atoms with Crippen molar-refractivity contribution in [1.29, 1.82) is 0 Å². The predicted octanol–water partition coefficient (Wildman–Crippen LogP) is 3.07. The molecule has 1 aliphatic rings. The van der Waals surface area contributed by atoms with Crippen LogP contribution in [0, 0.1) is 0 Å². The Morgan fingerprint density at radius 2 is 2.29 bits per heavy atom. The summed E-state index contributed by atoms with van der Waals surface area (Å²) in [5.74, 6) is -0.955.